The van der Waals surface area contributed by atoms with E-state index in [1.165, 1.54) is 5.56 Å². The Balaban J connectivity index is 0.000000527. The van der Waals surface area contributed by atoms with Gasteiger partial charge in [-0.1, -0.05) is 92.2 Å². The van der Waals surface area contributed by atoms with Gasteiger partial charge in [0.15, 0.2) is 0 Å². The molecule has 0 spiro atoms. The highest BCUT2D eigenvalue weighted by Crippen LogP contribution is 2.20. The number of rotatable bonds is 10. The molecule has 0 radical (unpaired) electrons. The van der Waals surface area contributed by atoms with E-state index in [1.807, 2.05) is 72.8 Å². The number of carbonyl (C=O) groups excluding carboxylic acids is 2. The summed E-state index contributed by atoms with van der Waals surface area (Å²) >= 11 is 0. The fourth-order valence-corrected chi connectivity index (χ4v) is 3.19. The average molecular weight is 475 g/mol. The van der Waals surface area contributed by atoms with Crippen LogP contribution in [0.25, 0.3) is 11.1 Å². The van der Waals surface area contributed by atoms with E-state index >= 15 is 0 Å². The van der Waals surface area contributed by atoms with Crippen molar-refractivity contribution in [3.63, 3.8) is 0 Å². The summed E-state index contributed by atoms with van der Waals surface area (Å²) in [7, 11) is 0. The Kier molecular flexibility index (Phi) is 12.7. The SMILES string of the molecule is CC(C)NCCNC(=O)CCCNC(=O)Nc1ccc(-c2ccccc2)cc1.Cc1ccccc1. The van der Waals surface area contributed by atoms with Crippen molar-refractivity contribution in [3.05, 3.63) is 90.5 Å². The van der Waals surface area contributed by atoms with Crippen LogP contribution in [-0.2, 0) is 4.79 Å². The third kappa shape index (κ3) is 12.4. The summed E-state index contributed by atoms with van der Waals surface area (Å²) in [4.78, 5) is 23.7. The molecule has 0 bridgehead atoms. The molecular weight excluding hydrogens is 436 g/mol. The number of hydrogen-bond donors (Lipinski definition) is 4. The maximum absolute atomic E-state index is 12.0. The summed E-state index contributed by atoms with van der Waals surface area (Å²) in [5, 5.41) is 11.7. The van der Waals surface area contributed by atoms with E-state index in [0.717, 1.165) is 23.4 Å². The highest BCUT2D eigenvalue weighted by molar-refractivity contribution is 5.89. The van der Waals surface area contributed by atoms with Gasteiger partial charge in [0.2, 0.25) is 5.91 Å². The Morgan fingerprint density at radius 2 is 1.31 bits per heavy atom. The predicted molar refractivity (Wildman–Crippen MR) is 145 cm³/mol. The van der Waals surface area contributed by atoms with Crippen molar-refractivity contribution in [1.29, 1.82) is 0 Å². The molecule has 0 aliphatic rings. The minimum atomic E-state index is -0.269. The number of carbonyl (C=O) groups is 2. The summed E-state index contributed by atoms with van der Waals surface area (Å²) in [6.45, 7) is 8.04. The van der Waals surface area contributed by atoms with E-state index in [4.69, 9.17) is 0 Å². The first-order valence-corrected chi connectivity index (χ1v) is 12.2. The van der Waals surface area contributed by atoms with Crippen LogP contribution in [0.4, 0.5) is 10.5 Å². The van der Waals surface area contributed by atoms with Crippen LogP contribution in [0.15, 0.2) is 84.9 Å². The summed E-state index contributed by atoms with van der Waals surface area (Å²) in [5.74, 6) is 0.00395. The molecule has 3 aromatic rings. The lowest BCUT2D eigenvalue weighted by atomic mass is 10.1. The van der Waals surface area contributed by atoms with Crippen molar-refractivity contribution in [2.75, 3.05) is 25.0 Å². The van der Waals surface area contributed by atoms with Gasteiger partial charge in [0, 0.05) is 37.8 Å². The van der Waals surface area contributed by atoms with Crippen molar-refractivity contribution in [1.82, 2.24) is 16.0 Å². The van der Waals surface area contributed by atoms with Crippen LogP contribution in [0.5, 0.6) is 0 Å². The number of hydrogen-bond acceptors (Lipinski definition) is 3. The van der Waals surface area contributed by atoms with Crippen molar-refractivity contribution in [3.8, 4) is 11.1 Å². The molecule has 186 valence electrons. The van der Waals surface area contributed by atoms with Gasteiger partial charge >= 0.3 is 6.03 Å². The topological polar surface area (TPSA) is 82.3 Å². The van der Waals surface area contributed by atoms with E-state index in [1.54, 1.807) is 0 Å². The molecule has 35 heavy (non-hydrogen) atoms. The number of nitrogens with one attached hydrogen (secondary N) is 4. The van der Waals surface area contributed by atoms with Crippen molar-refractivity contribution in [2.45, 2.75) is 39.7 Å². The Bertz CT molecular complexity index is 990. The van der Waals surface area contributed by atoms with E-state index in [2.05, 4.69) is 54.2 Å². The van der Waals surface area contributed by atoms with Gasteiger partial charge in [0.05, 0.1) is 0 Å². The largest absolute Gasteiger partial charge is 0.355 e. The number of aryl methyl sites for hydroxylation is 1. The lowest BCUT2D eigenvalue weighted by molar-refractivity contribution is -0.121. The summed E-state index contributed by atoms with van der Waals surface area (Å²) in [6.07, 6.45) is 0.998. The number of amides is 3. The molecule has 3 rings (SSSR count). The summed E-state index contributed by atoms with van der Waals surface area (Å²) in [6, 6.07) is 28.2. The molecule has 0 unspecified atom stereocenters. The van der Waals surface area contributed by atoms with Crippen molar-refractivity contribution in [2.24, 2.45) is 0 Å². The second kappa shape index (κ2) is 16.1. The Labute approximate surface area is 209 Å². The summed E-state index contributed by atoms with van der Waals surface area (Å²) in [5.41, 5.74) is 4.29. The van der Waals surface area contributed by atoms with E-state index in [0.29, 0.717) is 32.0 Å². The summed E-state index contributed by atoms with van der Waals surface area (Å²) < 4.78 is 0. The maximum atomic E-state index is 12.0. The molecule has 0 saturated carbocycles. The van der Waals surface area contributed by atoms with Gasteiger partial charge in [0.25, 0.3) is 0 Å². The number of benzene rings is 3. The molecule has 0 aliphatic carbocycles. The van der Waals surface area contributed by atoms with Gasteiger partial charge in [0.1, 0.15) is 0 Å². The second-order valence-corrected chi connectivity index (χ2v) is 8.54. The second-order valence-electron chi connectivity index (χ2n) is 8.54. The molecule has 0 saturated heterocycles. The van der Waals surface area contributed by atoms with Crippen molar-refractivity contribution >= 4 is 17.6 Å². The maximum Gasteiger partial charge on any atom is 0.319 e. The molecular formula is C29H38N4O2. The lowest BCUT2D eigenvalue weighted by Crippen LogP contribution is -2.35. The Hall–Kier alpha value is -3.64. The smallest absolute Gasteiger partial charge is 0.319 e. The standard InChI is InChI=1S/C22H30N4O2.C7H8/c1-17(2)23-15-16-24-21(27)9-6-14-25-22(28)26-20-12-10-19(11-13-20)18-7-4-3-5-8-18;1-7-5-3-2-4-6-7/h3-5,7-8,10-13,17,23H,6,9,14-16H2,1-2H3,(H,24,27)(H2,25,26,28);2-6H,1H3. The van der Waals surface area contributed by atoms with Gasteiger partial charge in [-0.2, -0.15) is 0 Å². The molecule has 6 heteroatoms. The van der Waals surface area contributed by atoms with Gasteiger partial charge in [-0.05, 0) is 36.6 Å². The highest BCUT2D eigenvalue weighted by Gasteiger charge is 2.04. The molecule has 0 aliphatic heterocycles. The zero-order valence-electron chi connectivity index (χ0n) is 21.0. The van der Waals surface area contributed by atoms with Crippen LogP contribution in [0, 0.1) is 6.92 Å². The molecule has 0 fully saturated rings. The molecule has 6 nitrogen and oxygen atoms in total. The van der Waals surface area contributed by atoms with Crippen LogP contribution in [0.3, 0.4) is 0 Å². The Morgan fingerprint density at radius 3 is 1.89 bits per heavy atom. The van der Waals surface area contributed by atoms with Crippen LogP contribution >= 0.6 is 0 Å². The minimum absolute atomic E-state index is 0.00395. The van der Waals surface area contributed by atoms with E-state index in [-0.39, 0.29) is 11.9 Å². The van der Waals surface area contributed by atoms with Gasteiger partial charge in [-0.15, -0.1) is 0 Å². The minimum Gasteiger partial charge on any atom is -0.355 e. The third-order valence-electron chi connectivity index (χ3n) is 5.06. The highest BCUT2D eigenvalue weighted by atomic mass is 16.2. The van der Waals surface area contributed by atoms with Gasteiger partial charge < -0.3 is 21.3 Å². The number of urea groups is 1. The first-order valence-electron chi connectivity index (χ1n) is 12.2. The van der Waals surface area contributed by atoms with Crippen LogP contribution in [0.2, 0.25) is 0 Å². The first kappa shape index (κ1) is 27.6. The van der Waals surface area contributed by atoms with Gasteiger partial charge in [-0.3, -0.25) is 4.79 Å². The molecule has 0 aromatic heterocycles. The number of anilines is 1. The normalized spacial score (nSPS) is 10.2. The zero-order valence-corrected chi connectivity index (χ0v) is 21.0. The average Bonchev–Trinajstić information content (AvgIpc) is 2.86. The molecule has 0 atom stereocenters. The van der Waals surface area contributed by atoms with Crippen LogP contribution in [0.1, 0.15) is 32.3 Å². The van der Waals surface area contributed by atoms with E-state index < -0.39 is 0 Å². The third-order valence-corrected chi connectivity index (χ3v) is 5.06. The zero-order chi connectivity index (χ0) is 25.3. The molecule has 4 N–H and O–H groups in total. The first-order chi connectivity index (χ1) is 16.9. The fourth-order valence-electron chi connectivity index (χ4n) is 3.19. The van der Waals surface area contributed by atoms with Crippen LogP contribution < -0.4 is 21.3 Å². The van der Waals surface area contributed by atoms with Crippen LogP contribution in [-0.4, -0.2) is 37.6 Å². The Morgan fingerprint density at radius 1 is 0.714 bits per heavy atom. The molecule has 0 heterocycles. The lowest BCUT2D eigenvalue weighted by Gasteiger charge is -2.10. The fraction of sp³-hybridized carbons (Fsp3) is 0.310. The predicted octanol–water partition coefficient (Wildman–Crippen LogP) is 5.36. The molecule has 3 amide bonds. The van der Waals surface area contributed by atoms with E-state index in [9.17, 15) is 9.59 Å². The quantitative estimate of drug-likeness (QED) is 0.298. The van der Waals surface area contributed by atoms with Crippen molar-refractivity contribution < 1.29 is 9.59 Å². The monoisotopic (exact) mass is 474 g/mol. The van der Waals surface area contributed by atoms with Gasteiger partial charge in [-0.25, -0.2) is 4.79 Å². The molecule has 3 aromatic carbocycles.